The Morgan fingerprint density at radius 1 is 1.39 bits per heavy atom. The summed E-state index contributed by atoms with van der Waals surface area (Å²) in [5, 5.41) is 0. The van der Waals surface area contributed by atoms with Gasteiger partial charge in [0.2, 0.25) is 11.9 Å². The zero-order valence-corrected chi connectivity index (χ0v) is 13.8. The van der Waals surface area contributed by atoms with Gasteiger partial charge < -0.3 is 19.3 Å². The molecule has 0 saturated carbocycles. The first-order valence-corrected chi connectivity index (χ1v) is 8.06. The molecule has 2 aliphatic rings. The third kappa shape index (κ3) is 3.79. The van der Waals surface area contributed by atoms with E-state index in [9.17, 15) is 4.79 Å². The topological polar surface area (TPSA) is 67.8 Å². The van der Waals surface area contributed by atoms with Gasteiger partial charge in [-0.2, -0.15) is 0 Å². The molecule has 0 unspecified atom stereocenters. The highest BCUT2D eigenvalue weighted by molar-refractivity contribution is 5.76. The number of carbonyl (C=O) groups is 1. The molecule has 1 amide bonds. The van der Waals surface area contributed by atoms with E-state index in [1.807, 2.05) is 6.07 Å². The summed E-state index contributed by atoms with van der Waals surface area (Å²) in [5.41, 5.74) is -0.114. The first-order valence-electron chi connectivity index (χ1n) is 8.06. The first-order chi connectivity index (χ1) is 11.1. The Balaban J connectivity index is 1.48. The predicted octanol–water partition coefficient (Wildman–Crippen LogP) is 0.709. The number of nitrogens with zero attached hydrogens (tertiary/aromatic N) is 4. The van der Waals surface area contributed by atoms with Crippen LogP contribution < -0.4 is 4.90 Å². The lowest BCUT2D eigenvalue weighted by Crippen LogP contribution is -2.45. The maximum Gasteiger partial charge on any atom is 0.248 e. The molecule has 2 fully saturated rings. The van der Waals surface area contributed by atoms with Gasteiger partial charge in [0.05, 0.1) is 18.3 Å². The van der Waals surface area contributed by atoms with Gasteiger partial charge in [0.1, 0.15) is 6.61 Å². The quantitative estimate of drug-likeness (QED) is 0.814. The summed E-state index contributed by atoms with van der Waals surface area (Å²) < 4.78 is 11.8. The molecule has 7 nitrogen and oxygen atoms in total. The van der Waals surface area contributed by atoms with Crippen molar-refractivity contribution < 1.29 is 14.3 Å². The lowest BCUT2D eigenvalue weighted by molar-refractivity contribution is -0.135. The molecule has 0 radical (unpaired) electrons. The molecule has 1 aromatic rings. The number of aromatic nitrogens is 2. The monoisotopic (exact) mass is 320 g/mol. The van der Waals surface area contributed by atoms with Crippen LogP contribution in [0.15, 0.2) is 18.5 Å². The second-order valence-corrected chi connectivity index (χ2v) is 6.46. The van der Waals surface area contributed by atoms with Gasteiger partial charge in [-0.1, -0.05) is 0 Å². The van der Waals surface area contributed by atoms with Gasteiger partial charge in [-0.25, -0.2) is 9.97 Å². The average Bonchev–Trinajstić information content (AvgIpc) is 2.97. The average molecular weight is 320 g/mol. The molecular formula is C16H24N4O3. The highest BCUT2D eigenvalue weighted by atomic mass is 16.6. The molecule has 0 aliphatic carbocycles. The number of ether oxygens (including phenoxy) is 2. The van der Waals surface area contributed by atoms with Crippen LogP contribution in [-0.2, 0) is 14.3 Å². The van der Waals surface area contributed by atoms with Crippen LogP contribution in [0.25, 0.3) is 0 Å². The summed E-state index contributed by atoms with van der Waals surface area (Å²) in [4.78, 5) is 24.0. The minimum absolute atomic E-state index is 0.0120. The SMILES string of the molecule is CN(C)C(=O)CO[C@H]1COC2(CCN(c3ncccn3)CC2)C1. The Morgan fingerprint density at radius 3 is 2.74 bits per heavy atom. The molecule has 1 aromatic heterocycles. The number of anilines is 1. The molecule has 3 rings (SSSR count). The molecule has 23 heavy (non-hydrogen) atoms. The van der Waals surface area contributed by atoms with Crippen molar-refractivity contribution >= 4 is 11.9 Å². The number of piperidine rings is 1. The molecule has 2 saturated heterocycles. The van der Waals surface area contributed by atoms with Gasteiger partial charge in [-0.3, -0.25) is 4.79 Å². The lowest BCUT2D eigenvalue weighted by Gasteiger charge is -2.38. The van der Waals surface area contributed by atoms with Gasteiger partial charge in [0.25, 0.3) is 0 Å². The van der Waals surface area contributed by atoms with Crippen molar-refractivity contribution in [1.82, 2.24) is 14.9 Å². The standard InChI is InChI=1S/C16H24N4O3/c1-19(2)14(21)12-22-13-10-16(23-11-13)4-8-20(9-5-16)15-17-6-3-7-18-15/h3,6-7,13H,4-5,8-12H2,1-2H3/t13-/m1/s1. The van der Waals surface area contributed by atoms with Crippen molar-refractivity contribution in [2.45, 2.75) is 31.0 Å². The fourth-order valence-electron chi connectivity index (χ4n) is 3.14. The molecular weight excluding hydrogens is 296 g/mol. The van der Waals surface area contributed by atoms with Crippen LogP contribution in [-0.4, -0.2) is 72.9 Å². The van der Waals surface area contributed by atoms with E-state index in [-0.39, 0.29) is 24.2 Å². The summed E-state index contributed by atoms with van der Waals surface area (Å²) in [6.45, 7) is 2.46. The Bertz CT molecular complexity index is 529. The maximum absolute atomic E-state index is 11.6. The van der Waals surface area contributed by atoms with Crippen LogP contribution in [0.3, 0.4) is 0 Å². The van der Waals surface area contributed by atoms with E-state index in [1.54, 1.807) is 31.4 Å². The second-order valence-electron chi connectivity index (χ2n) is 6.46. The lowest BCUT2D eigenvalue weighted by atomic mass is 9.88. The molecule has 0 aromatic carbocycles. The molecule has 126 valence electrons. The van der Waals surface area contributed by atoms with Gasteiger partial charge in [0.15, 0.2) is 0 Å². The highest BCUT2D eigenvalue weighted by Gasteiger charge is 2.43. The van der Waals surface area contributed by atoms with Crippen molar-refractivity contribution in [1.29, 1.82) is 0 Å². The zero-order chi connectivity index (χ0) is 16.3. The summed E-state index contributed by atoms with van der Waals surface area (Å²) in [6, 6.07) is 1.83. The maximum atomic E-state index is 11.6. The third-order valence-corrected chi connectivity index (χ3v) is 4.63. The molecule has 1 spiro atoms. The summed E-state index contributed by atoms with van der Waals surface area (Å²) in [5.74, 6) is 0.770. The second kappa shape index (κ2) is 6.80. The largest absolute Gasteiger partial charge is 0.372 e. The van der Waals surface area contributed by atoms with Crippen molar-refractivity contribution in [3.63, 3.8) is 0 Å². The van der Waals surface area contributed by atoms with Crippen LogP contribution in [0.4, 0.5) is 5.95 Å². The fourth-order valence-corrected chi connectivity index (χ4v) is 3.14. The van der Waals surface area contributed by atoms with Gasteiger partial charge >= 0.3 is 0 Å². The number of likely N-dealkylation sites (N-methyl/N-ethyl adjacent to an activating group) is 1. The van der Waals surface area contributed by atoms with E-state index in [0.29, 0.717) is 6.61 Å². The number of carbonyl (C=O) groups excluding carboxylic acids is 1. The van der Waals surface area contributed by atoms with E-state index in [2.05, 4.69) is 14.9 Å². The predicted molar refractivity (Wildman–Crippen MR) is 85.2 cm³/mol. The Morgan fingerprint density at radius 2 is 2.09 bits per heavy atom. The van der Waals surface area contributed by atoms with E-state index < -0.39 is 0 Å². The van der Waals surface area contributed by atoms with E-state index in [4.69, 9.17) is 9.47 Å². The van der Waals surface area contributed by atoms with Gasteiger partial charge in [0, 0.05) is 46.0 Å². The minimum atomic E-state index is -0.114. The highest BCUT2D eigenvalue weighted by Crippen LogP contribution is 2.37. The fraction of sp³-hybridized carbons (Fsp3) is 0.688. The van der Waals surface area contributed by atoms with Crippen molar-refractivity contribution in [2.24, 2.45) is 0 Å². The summed E-state index contributed by atoms with van der Waals surface area (Å²) >= 11 is 0. The van der Waals surface area contributed by atoms with Gasteiger partial charge in [-0.05, 0) is 18.9 Å². The van der Waals surface area contributed by atoms with Crippen LogP contribution in [0.2, 0.25) is 0 Å². The van der Waals surface area contributed by atoms with Crippen molar-refractivity contribution in [3.05, 3.63) is 18.5 Å². The number of hydrogen-bond donors (Lipinski definition) is 0. The smallest absolute Gasteiger partial charge is 0.248 e. The Kier molecular flexibility index (Phi) is 4.77. The Labute approximate surface area is 136 Å². The van der Waals surface area contributed by atoms with Crippen LogP contribution >= 0.6 is 0 Å². The third-order valence-electron chi connectivity index (χ3n) is 4.63. The zero-order valence-electron chi connectivity index (χ0n) is 13.8. The van der Waals surface area contributed by atoms with E-state index >= 15 is 0 Å². The van der Waals surface area contributed by atoms with Crippen molar-refractivity contribution in [2.75, 3.05) is 45.3 Å². The van der Waals surface area contributed by atoms with Gasteiger partial charge in [-0.15, -0.1) is 0 Å². The van der Waals surface area contributed by atoms with Crippen LogP contribution in [0, 0.1) is 0 Å². The molecule has 1 atom stereocenters. The number of rotatable bonds is 4. The normalized spacial score (nSPS) is 23.2. The van der Waals surface area contributed by atoms with Crippen LogP contribution in [0.5, 0.6) is 0 Å². The van der Waals surface area contributed by atoms with Crippen LogP contribution in [0.1, 0.15) is 19.3 Å². The molecule has 7 heteroatoms. The summed E-state index contributed by atoms with van der Waals surface area (Å²) in [6.07, 6.45) is 6.28. The van der Waals surface area contributed by atoms with E-state index in [0.717, 1.165) is 38.3 Å². The first kappa shape index (κ1) is 16.1. The number of amides is 1. The molecule has 0 N–H and O–H groups in total. The Hall–Kier alpha value is -1.73. The molecule has 3 heterocycles. The molecule has 0 bridgehead atoms. The molecule has 2 aliphatic heterocycles. The van der Waals surface area contributed by atoms with Crippen molar-refractivity contribution in [3.8, 4) is 0 Å². The summed E-state index contributed by atoms with van der Waals surface area (Å²) in [7, 11) is 3.47. The van der Waals surface area contributed by atoms with E-state index in [1.165, 1.54) is 0 Å². The number of hydrogen-bond acceptors (Lipinski definition) is 6. The minimum Gasteiger partial charge on any atom is -0.372 e.